The fourth-order valence-corrected chi connectivity index (χ4v) is 3.52. The van der Waals surface area contributed by atoms with Crippen LogP contribution in [0.1, 0.15) is 18.9 Å². The number of benzene rings is 1. The van der Waals surface area contributed by atoms with Crippen LogP contribution in [0.25, 0.3) is 0 Å². The number of hydrogen-bond acceptors (Lipinski definition) is 5. The molecule has 1 heterocycles. The van der Waals surface area contributed by atoms with Crippen molar-refractivity contribution in [2.45, 2.75) is 24.7 Å². The summed E-state index contributed by atoms with van der Waals surface area (Å²) in [4.78, 5) is 2.18. The van der Waals surface area contributed by atoms with Gasteiger partial charge in [-0.15, -0.1) is 0 Å². The van der Waals surface area contributed by atoms with Crippen molar-refractivity contribution in [1.82, 2.24) is 9.62 Å². The normalized spacial score (nSPS) is 14.8. The summed E-state index contributed by atoms with van der Waals surface area (Å²) in [5, 5.41) is 0. The molecule has 0 saturated carbocycles. The molecule has 0 aliphatic carbocycles. The molecule has 1 aliphatic rings. The van der Waals surface area contributed by atoms with Crippen molar-refractivity contribution in [3.8, 4) is 5.75 Å². The zero-order valence-corrected chi connectivity index (χ0v) is 13.4. The summed E-state index contributed by atoms with van der Waals surface area (Å²) in [7, 11) is -1.67. The number of anilines is 1. The van der Waals surface area contributed by atoms with Crippen molar-refractivity contribution < 1.29 is 13.2 Å². The Kier molecular flexibility index (Phi) is 5.08. The third-order valence-electron chi connectivity index (χ3n) is 3.61. The van der Waals surface area contributed by atoms with E-state index in [0.29, 0.717) is 31.1 Å². The lowest BCUT2D eigenvalue weighted by Gasteiger charge is -2.21. The Hall–Kier alpha value is -1.31. The molecule has 21 heavy (non-hydrogen) atoms. The van der Waals surface area contributed by atoms with Gasteiger partial charge in [-0.05, 0) is 44.1 Å². The molecule has 1 aromatic rings. The summed E-state index contributed by atoms with van der Waals surface area (Å²) in [6.45, 7) is 4.45. The molecule has 0 bridgehead atoms. The summed E-state index contributed by atoms with van der Waals surface area (Å²) in [5.41, 5.74) is 7.14. The van der Waals surface area contributed by atoms with Crippen LogP contribution in [-0.4, -0.2) is 46.6 Å². The van der Waals surface area contributed by atoms with E-state index in [9.17, 15) is 8.42 Å². The average Bonchev–Trinajstić information content (AvgIpc) is 2.45. The molecule has 118 valence electrons. The number of sulfonamides is 1. The molecule has 1 aliphatic heterocycles. The van der Waals surface area contributed by atoms with E-state index < -0.39 is 10.0 Å². The Bertz CT molecular complexity index is 602. The number of nitrogens with one attached hydrogen (secondary N) is 1. The van der Waals surface area contributed by atoms with Crippen LogP contribution in [0.2, 0.25) is 0 Å². The molecule has 0 amide bonds. The molecule has 0 fully saturated rings. The fourth-order valence-electron chi connectivity index (χ4n) is 2.28. The number of hydrogen-bond donors (Lipinski definition) is 2. The first-order chi connectivity index (χ1) is 9.94. The Balaban J connectivity index is 2.21. The second-order valence-corrected chi connectivity index (χ2v) is 6.99. The van der Waals surface area contributed by atoms with Crippen LogP contribution in [0, 0.1) is 0 Å². The highest BCUT2D eigenvalue weighted by Gasteiger charge is 2.24. The van der Waals surface area contributed by atoms with Gasteiger partial charge in [0.1, 0.15) is 10.6 Å². The summed E-state index contributed by atoms with van der Waals surface area (Å²) in [6, 6.07) is 3.26. The SMILES string of the molecule is CCN(C)CCNS(=O)(=O)c1cc(N)cc2c1OCCC2. The second kappa shape index (κ2) is 6.64. The number of rotatable bonds is 6. The minimum absolute atomic E-state index is 0.149. The Morgan fingerprint density at radius 1 is 1.43 bits per heavy atom. The largest absolute Gasteiger partial charge is 0.492 e. The highest BCUT2D eigenvalue weighted by Crippen LogP contribution is 2.34. The topological polar surface area (TPSA) is 84.7 Å². The maximum absolute atomic E-state index is 12.5. The number of nitrogens with zero attached hydrogens (tertiary/aromatic N) is 1. The molecule has 7 heteroatoms. The number of likely N-dealkylation sites (N-methyl/N-ethyl adjacent to an activating group) is 1. The lowest BCUT2D eigenvalue weighted by molar-refractivity contribution is 0.280. The lowest BCUT2D eigenvalue weighted by atomic mass is 10.1. The van der Waals surface area contributed by atoms with Gasteiger partial charge in [0.15, 0.2) is 0 Å². The van der Waals surface area contributed by atoms with Crippen molar-refractivity contribution in [2.75, 3.05) is 39.0 Å². The van der Waals surface area contributed by atoms with Crippen LogP contribution >= 0.6 is 0 Å². The molecule has 2 rings (SSSR count). The fraction of sp³-hybridized carbons (Fsp3) is 0.571. The predicted octanol–water partition coefficient (Wildman–Crippen LogP) is 0.824. The number of fused-ring (bicyclic) bond motifs is 1. The van der Waals surface area contributed by atoms with E-state index >= 15 is 0 Å². The van der Waals surface area contributed by atoms with E-state index in [2.05, 4.69) is 4.72 Å². The predicted molar refractivity (Wildman–Crippen MR) is 83.0 cm³/mol. The maximum atomic E-state index is 12.5. The van der Waals surface area contributed by atoms with Crippen LogP contribution in [0.3, 0.4) is 0 Å². The van der Waals surface area contributed by atoms with Crippen molar-refractivity contribution >= 4 is 15.7 Å². The van der Waals surface area contributed by atoms with Crippen molar-refractivity contribution in [2.24, 2.45) is 0 Å². The minimum atomic E-state index is -3.61. The molecule has 1 aromatic carbocycles. The molecule has 0 aromatic heterocycles. The van der Waals surface area contributed by atoms with Gasteiger partial charge in [-0.25, -0.2) is 13.1 Å². The van der Waals surface area contributed by atoms with Crippen LogP contribution < -0.4 is 15.2 Å². The van der Waals surface area contributed by atoms with Crippen molar-refractivity contribution in [3.63, 3.8) is 0 Å². The summed E-state index contributed by atoms with van der Waals surface area (Å²) in [5.74, 6) is 0.451. The van der Waals surface area contributed by atoms with Gasteiger partial charge in [0.25, 0.3) is 0 Å². The third kappa shape index (κ3) is 3.87. The van der Waals surface area contributed by atoms with Gasteiger partial charge in [-0.1, -0.05) is 6.92 Å². The Morgan fingerprint density at radius 3 is 2.90 bits per heavy atom. The van der Waals surface area contributed by atoms with E-state index in [1.54, 1.807) is 6.07 Å². The van der Waals surface area contributed by atoms with Gasteiger partial charge < -0.3 is 15.4 Å². The van der Waals surface area contributed by atoms with Gasteiger partial charge in [0.2, 0.25) is 10.0 Å². The van der Waals surface area contributed by atoms with Gasteiger partial charge in [-0.2, -0.15) is 0 Å². The van der Waals surface area contributed by atoms with Gasteiger partial charge in [-0.3, -0.25) is 0 Å². The summed E-state index contributed by atoms with van der Waals surface area (Å²) in [6.07, 6.45) is 1.67. The first-order valence-electron chi connectivity index (χ1n) is 7.17. The number of nitrogen functional groups attached to an aromatic ring is 1. The molecule has 0 atom stereocenters. The molecule has 0 radical (unpaired) electrons. The Labute approximate surface area is 126 Å². The zero-order valence-electron chi connectivity index (χ0n) is 12.6. The highest BCUT2D eigenvalue weighted by atomic mass is 32.2. The van der Waals surface area contributed by atoms with Gasteiger partial charge >= 0.3 is 0 Å². The molecular weight excluding hydrogens is 290 g/mol. The molecule has 0 unspecified atom stereocenters. The molecule has 0 saturated heterocycles. The van der Waals surface area contributed by atoms with Gasteiger partial charge in [0.05, 0.1) is 6.61 Å². The third-order valence-corrected chi connectivity index (χ3v) is 5.07. The van der Waals surface area contributed by atoms with E-state index in [1.807, 2.05) is 18.9 Å². The second-order valence-electron chi connectivity index (χ2n) is 5.25. The van der Waals surface area contributed by atoms with E-state index in [0.717, 1.165) is 24.9 Å². The van der Waals surface area contributed by atoms with E-state index in [1.165, 1.54) is 6.07 Å². The summed E-state index contributed by atoms with van der Waals surface area (Å²) >= 11 is 0. The van der Waals surface area contributed by atoms with Crippen molar-refractivity contribution in [3.05, 3.63) is 17.7 Å². The number of nitrogens with two attached hydrogens (primary N) is 1. The first-order valence-corrected chi connectivity index (χ1v) is 8.65. The summed E-state index contributed by atoms with van der Waals surface area (Å²) < 4.78 is 33.1. The maximum Gasteiger partial charge on any atom is 0.244 e. The number of ether oxygens (including phenoxy) is 1. The monoisotopic (exact) mass is 313 g/mol. The average molecular weight is 313 g/mol. The van der Waals surface area contributed by atoms with Gasteiger partial charge in [0, 0.05) is 18.8 Å². The highest BCUT2D eigenvalue weighted by molar-refractivity contribution is 7.89. The van der Waals surface area contributed by atoms with Crippen LogP contribution in [0.5, 0.6) is 5.75 Å². The van der Waals surface area contributed by atoms with E-state index in [-0.39, 0.29) is 4.90 Å². The quantitative estimate of drug-likeness (QED) is 0.760. The standard InChI is InChI=1S/C14H23N3O3S/c1-3-17(2)7-6-16-21(18,19)13-10-12(15)9-11-5-4-8-20-14(11)13/h9-10,16H,3-8,15H2,1-2H3. The molecular formula is C14H23N3O3S. The Morgan fingerprint density at radius 2 is 2.19 bits per heavy atom. The lowest BCUT2D eigenvalue weighted by Crippen LogP contribution is -2.33. The van der Waals surface area contributed by atoms with E-state index in [4.69, 9.17) is 10.5 Å². The smallest absolute Gasteiger partial charge is 0.244 e. The van der Waals surface area contributed by atoms with Crippen LogP contribution in [-0.2, 0) is 16.4 Å². The molecule has 0 spiro atoms. The zero-order chi connectivity index (χ0) is 15.5. The van der Waals surface area contributed by atoms with Crippen molar-refractivity contribution in [1.29, 1.82) is 0 Å². The first kappa shape index (κ1) is 16.1. The molecule has 6 nitrogen and oxygen atoms in total. The number of aryl methyl sites for hydroxylation is 1. The van der Waals surface area contributed by atoms with Crippen LogP contribution in [0.15, 0.2) is 17.0 Å². The minimum Gasteiger partial charge on any atom is -0.492 e. The molecule has 3 N–H and O–H groups in total. The van der Waals surface area contributed by atoms with Crippen LogP contribution in [0.4, 0.5) is 5.69 Å².